The van der Waals surface area contributed by atoms with Gasteiger partial charge in [-0.3, -0.25) is 10.2 Å². The zero-order valence-electron chi connectivity index (χ0n) is 8.12. The van der Waals surface area contributed by atoms with Crippen LogP contribution in [0.5, 0.6) is 0 Å². The van der Waals surface area contributed by atoms with E-state index in [9.17, 15) is 0 Å². The lowest BCUT2D eigenvalue weighted by Gasteiger charge is -2.01. The standard InChI is InChI=1S/C9H7N7/c1-3-10-13-7(1)6-5-12-16-15-9(6)8-2-4-11-14-8/h1-5H,(H,10,13)(H,11,14). The maximum Gasteiger partial charge on any atom is 0.123 e. The van der Waals surface area contributed by atoms with Crippen molar-refractivity contribution in [2.45, 2.75) is 0 Å². The quantitative estimate of drug-likeness (QED) is 0.651. The fourth-order valence-corrected chi connectivity index (χ4v) is 1.46. The number of aromatic nitrogens is 7. The van der Waals surface area contributed by atoms with E-state index in [1.165, 1.54) is 0 Å². The van der Waals surface area contributed by atoms with E-state index in [0.29, 0.717) is 5.69 Å². The molecule has 0 spiro atoms. The Morgan fingerprint density at radius 1 is 0.938 bits per heavy atom. The van der Waals surface area contributed by atoms with Crippen molar-refractivity contribution in [3.63, 3.8) is 0 Å². The third-order valence-corrected chi connectivity index (χ3v) is 2.19. The fraction of sp³-hybridized carbons (Fsp3) is 0. The molecule has 0 amide bonds. The molecule has 0 aliphatic rings. The smallest absolute Gasteiger partial charge is 0.123 e. The molecule has 7 nitrogen and oxygen atoms in total. The summed E-state index contributed by atoms with van der Waals surface area (Å²) in [4.78, 5) is 0. The van der Waals surface area contributed by atoms with Gasteiger partial charge in [0, 0.05) is 18.0 Å². The van der Waals surface area contributed by atoms with Crippen LogP contribution in [-0.2, 0) is 0 Å². The van der Waals surface area contributed by atoms with E-state index in [2.05, 4.69) is 35.8 Å². The summed E-state index contributed by atoms with van der Waals surface area (Å²) < 4.78 is 0. The molecule has 7 heteroatoms. The number of aromatic amines is 2. The maximum atomic E-state index is 4.00. The summed E-state index contributed by atoms with van der Waals surface area (Å²) in [5.74, 6) is 0. The second-order valence-corrected chi connectivity index (χ2v) is 3.14. The van der Waals surface area contributed by atoms with Gasteiger partial charge in [-0.05, 0) is 17.3 Å². The lowest BCUT2D eigenvalue weighted by molar-refractivity contribution is 0.867. The molecule has 2 N–H and O–H groups in total. The first kappa shape index (κ1) is 8.72. The number of nitrogens with zero attached hydrogens (tertiary/aromatic N) is 5. The Balaban J connectivity index is 2.19. The summed E-state index contributed by atoms with van der Waals surface area (Å²) >= 11 is 0. The van der Waals surface area contributed by atoms with E-state index in [1.54, 1.807) is 18.6 Å². The summed E-state index contributed by atoms with van der Waals surface area (Å²) in [6, 6.07) is 3.67. The van der Waals surface area contributed by atoms with Gasteiger partial charge in [0.2, 0.25) is 0 Å². The molecule has 16 heavy (non-hydrogen) atoms. The van der Waals surface area contributed by atoms with Crippen molar-refractivity contribution in [2.24, 2.45) is 0 Å². The van der Waals surface area contributed by atoms with Crippen LogP contribution in [0.1, 0.15) is 0 Å². The minimum absolute atomic E-state index is 0.691. The summed E-state index contributed by atoms with van der Waals surface area (Å²) in [6.07, 6.45) is 4.97. The molecule has 0 atom stereocenters. The third-order valence-electron chi connectivity index (χ3n) is 2.19. The van der Waals surface area contributed by atoms with E-state index in [0.717, 1.165) is 17.0 Å². The summed E-state index contributed by atoms with van der Waals surface area (Å²) in [7, 11) is 0. The van der Waals surface area contributed by atoms with E-state index in [4.69, 9.17) is 0 Å². The Kier molecular flexibility index (Phi) is 1.93. The van der Waals surface area contributed by atoms with Gasteiger partial charge in [-0.2, -0.15) is 10.2 Å². The second-order valence-electron chi connectivity index (χ2n) is 3.14. The maximum absolute atomic E-state index is 4.00. The van der Waals surface area contributed by atoms with Crippen LogP contribution < -0.4 is 0 Å². The number of nitrogens with one attached hydrogen (secondary N) is 2. The molecule has 0 fully saturated rings. The van der Waals surface area contributed by atoms with Crippen molar-refractivity contribution in [1.29, 1.82) is 0 Å². The average molecular weight is 213 g/mol. The van der Waals surface area contributed by atoms with Crippen LogP contribution in [0, 0.1) is 0 Å². The molecule has 0 saturated heterocycles. The van der Waals surface area contributed by atoms with Crippen molar-refractivity contribution in [3.8, 4) is 22.6 Å². The van der Waals surface area contributed by atoms with Crippen LogP contribution >= 0.6 is 0 Å². The van der Waals surface area contributed by atoms with Crippen molar-refractivity contribution in [1.82, 2.24) is 35.8 Å². The molecule has 0 aromatic carbocycles. The van der Waals surface area contributed by atoms with Gasteiger partial charge in [-0.1, -0.05) is 0 Å². The first-order chi connectivity index (χ1) is 7.95. The minimum atomic E-state index is 0.691. The number of rotatable bonds is 2. The zero-order valence-corrected chi connectivity index (χ0v) is 8.12. The van der Waals surface area contributed by atoms with Gasteiger partial charge in [-0.25, -0.2) is 0 Å². The highest BCUT2D eigenvalue weighted by atomic mass is 15.3. The molecular formula is C9H7N7. The Morgan fingerprint density at radius 2 is 1.69 bits per heavy atom. The predicted molar refractivity (Wildman–Crippen MR) is 55.0 cm³/mol. The Hall–Kier alpha value is -2.57. The van der Waals surface area contributed by atoms with Crippen LogP contribution in [0.4, 0.5) is 0 Å². The van der Waals surface area contributed by atoms with Crippen LogP contribution in [0.15, 0.2) is 30.7 Å². The molecule has 0 aliphatic heterocycles. The van der Waals surface area contributed by atoms with E-state index in [-0.39, 0.29) is 0 Å². The molecule has 0 bridgehead atoms. The summed E-state index contributed by atoms with van der Waals surface area (Å²) in [5, 5.41) is 24.9. The van der Waals surface area contributed by atoms with Crippen molar-refractivity contribution >= 4 is 0 Å². The van der Waals surface area contributed by atoms with E-state index < -0.39 is 0 Å². The SMILES string of the molecule is c1cc(-c2cnnnc2-c2ccn[nH]2)[nH]n1. The molecule has 3 rings (SSSR count). The number of hydrogen-bond acceptors (Lipinski definition) is 5. The summed E-state index contributed by atoms with van der Waals surface area (Å²) in [6.45, 7) is 0. The molecule has 3 aromatic rings. The average Bonchev–Trinajstić information content (AvgIpc) is 3.03. The Morgan fingerprint density at radius 3 is 2.38 bits per heavy atom. The molecule has 3 aromatic heterocycles. The van der Waals surface area contributed by atoms with Gasteiger partial charge < -0.3 is 0 Å². The van der Waals surface area contributed by atoms with Gasteiger partial charge in [0.25, 0.3) is 0 Å². The molecule has 78 valence electrons. The van der Waals surface area contributed by atoms with Gasteiger partial charge >= 0.3 is 0 Å². The summed E-state index contributed by atoms with van der Waals surface area (Å²) in [5.41, 5.74) is 3.15. The van der Waals surface area contributed by atoms with Gasteiger partial charge in [0.1, 0.15) is 5.69 Å². The zero-order chi connectivity index (χ0) is 10.8. The van der Waals surface area contributed by atoms with Crippen LogP contribution in [0.25, 0.3) is 22.6 Å². The molecule has 0 aliphatic carbocycles. The first-order valence-electron chi connectivity index (χ1n) is 4.63. The van der Waals surface area contributed by atoms with Gasteiger partial charge in [0.15, 0.2) is 0 Å². The Bertz CT molecular complexity index is 516. The monoisotopic (exact) mass is 213 g/mol. The largest absolute Gasteiger partial charge is 0.278 e. The van der Waals surface area contributed by atoms with Crippen LogP contribution in [-0.4, -0.2) is 35.8 Å². The van der Waals surface area contributed by atoms with Crippen molar-refractivity contribution in [3.05, 3.63) is 30.7 Å². The van der Waals surface area contributed by atoms with Crippen LogP contribution in [0.2, 0.25) is 0 Å². The molecule has 0 radical (unpaired) electrons. The lowest BCUT2D eigenvalue weighted by atomic mass is 10.1. The fourth-order valence-electron chi connectivity index (χ4n) is 1.46. The molecule has 3 heterocycles. The number of hydrogen-bond donors (Lipinski definition) is 2. The molecule has 0 saturated carbocycles. The second kappa shape index (κ2) is 3.54. The van der Waals surface area contributed by atoms with Crippen LogP contribution in [0.3, 0.4) is 0 Å². The normalized spacial score (nSPS) is 10.5. The topological polar surface area (TPSA) is 96.0 Å². The third kappa shape index (κ3) is 1.34. The van der Waals surface area contributed by atoms with Gasteiger partial charge in [-0.15, -0.1) is 10.2 Å². The first-order valence-corrected chi connectivity index (χ1v) is 4.63. The highest BCUT2D eigenvalue weighted by molar-refractivity contribution is 5.75. The predicted octanol–water partition coefficient (Wildman–Crippen LogP) is 0.652. The lowest BCUT2D eigenvalue weighted by Crippen LogP contribution is -1.95. The van der Waals surface area contributed by atoms with Gasteiger partial charge in [0.05, 0.1) is 17.6 Å². The van der Waals surface area contributed by atoms with E-state index in [1.807, 2.05) is 12.1 Å². The highest BCUT2D eigenvalue weighted by Gasteiger charge is 2.11. The van der Waals surface area contributed by atoms with Crippen molar-refractivity contribution < 1.29 is 0 Å². The van der Waals surface area contributed by atoms with E-state index >= 15 is 0 Å². The highest BCUT2D eigenvalue weighted by Crippen LogP contribution is 2.25. The molecular weight excluding hydrogens is 206 g/mol. The Labute approximate surface area is 89.9 Å². The number of H-pyrrole nitrogens is 2. The minimum Gasteiger partial charge on any atom is -0.278 e. The molecule has 0 unspecified atom stereocenters. The van der Waals surface area contributed by atoms with Crippen molar-refractivity contribution in [2.75, 3.05) is 0 Å².